The molecule has 0 saturated carbocycles. The number of ketones is 1. The molecule has 5 heteroatoms. The summed E-state index contributed by atoms with van der Waals surface area (Å²) in [4.78, 5) is 13.2. The predicted molar refractivity (Wildman–Crippen MR) is 95.7 cm³/mol. The molecule has 23 heavy (non-hydrogen) atoms. The highest BCUT2D eigenvalue weighted by atomic mass is 79.9. The van der Waals surface area contributed by atoms with Crippen molar-refractivity contribution in [3.8, 4) is 0 Å². The second kappa shape index (κ2) is 6.21. The Hall–Kier alpha value is -1.46. The van der Waals surface area contributed by atoms with Crippen molar-refractivity contribution in [1.82, 2.24) is 0 Å². The minimum Gasteiger partial charge on any atom is -0.457 e. The van der Waals surface area contributed by atoms with Crippen LogP contribution in [0.1, 0.15) is 45.8 Å². The van der Waals surface area contributed by atoms with Gasteiger partial charge in [-0.15, -0.1) is 0 Å². The Morgan fingerprint density at radius 3 is 2.48 bits per heavy atom. The van der Waals surface area contributed by atoms with Crippen molar-refractivity contribution >= 4 is 48.6 Å². The highest BCUT2D eigenvalue weighted by Gasteiger charge is 2.25. The van der Waals surface area contributed by atoms with Crippen molar-refractivity contribution in [1.29, 1.82) is 0 Å². The molecule has 118 valence electrons. The number of carbonyl (C=O) groups is 1. The highest BCUT2D eigenvalue weighted by molar-refractivity contribution is 9.11. The van der Waals surface area contributed by atoms with E-state index in [0.717, 1.165) is 5.56 Å². The van der Waals surface area contributed by atoms with Crippen molar-refractivity contribution in [2.75, 3.05) is 0 Å². The van der Waals surface area contributed by atoms with Gasteiger partial charge in [0.2, 0.25) is 0 Å². The SMILES string of the molecule is [2H]c1c([2H])c([2H])c2c(C(=O)c3cc(Br)c(C)c(Br)c3)c(C(C)F)oc2c1[2H]. The maximum Gasteiger partial charge on any atom is 0.197 e. The van der Waals surface area contributed by atoms with Crippen LogP contribution >= 0.6 is 31.9 Å². The summed E-state index contributed by atoms with van der Waals surface area (Å²) in [5.41, 5.74) is 0.699. The van der Waals surface area contributed by atoms with Crippen LogP contribution in [-0.2, 0) is 0 Å². The van der Waals surface area contributed by atoms with Gasteiger partial charge in [0.1, 0.15) is 11.3 Å². The lowest BCUT2D eigenvalue weighted by atomic mass is 9.98. The zero-order chi connectivity index (χ0) is 20.2. The van der Waals surface area contributed by atoms with E-state index in [9.17, 15) is 9.18 Å². The highest BCUT2D eigenvalue weighted by Crippen LogP contribution is 2.35. The molecule has 0 saturated heterocycles. The predicted octanol–water partition coefficient (Wildman–Crippen LogP) is 6.53. The molecular weight excluding hydrogens is 427 g/mol. The molecule has 3 aromatic rings. The number of para-hydroxylation sites is 1. The molecule has 1 atom stereocenters. The number of hydrogen-bond acceptors (Lipinski definition) is 2. The first-order valence-corrected chi connectivity index (χ1v) is 8.32. The summed E-state index contributed by atoms with van der Waals surface area (Å²) < 4.78 is 52.7. The van der Waals surface area contributed by atoms with Gasteiger partial charge in [-0.05, 0) is 37.6 Å². The molecule has 2 aromatic carbocycles. The molecule has 3 rings (SSSR count). The number of benzene rings is 2. The minimum absolute atomic E-state index is 0.113. The first-order valence-electron chi connectivity index (χ1n) is 8.73. The van der Waals surface area contributed by atoms with E-state index in [1.807, 2.05) is 6.92 Å². The van der Waals surface area contributed by atoms with Crippen LogP contribution in [0, 0.1) is 6.92 Å². The van der Waals surface area contributed by atoms with Gasteiger partial charge in [0.25, 0.3) is 0 Å². The Morgan fingerprint density at radius 1 is 1.26 bits per heavy atom. The minimum atomic E-state index is -1.67. The molecule has 0 radical (unpaired) electrons. The molecule has 0 bridgehead atoms. The van der Waals surface area contributed by atoms with E-state index in [1.54, 1.807) is 12.1 Å². The third kappa shape index (κ3) is 2.88. The molecule has 0 N–H and O–H groups in total. The fraction of sp³-hybridized carbons (Fsp3) is 0.167. The molecule has 0 spiro atoms. The fourth-order valence-corrected chi connectivity index (χ4v) is 3.45. The van der Waals surface area contributed by atoms with Crippen LogP contribution in [0.25, 0.3) is 11.0 Å². The van der Waals surface area contributed by atoms with Gasteiger partial charge in [-0.3, -0.25) is 4.79 Å². The second-order valence-electron chi connectivity index (χ2n) is 5.06. The van der Waals surface area contributed by atoms with Crippen LogP contribution in [0.15, 0.2) is 49.7 Å². The third-order valence-electron chi connectivity index (χ3n) is 3.49. The van der Waals surface area contributed by atoms with E-state index in [4.69, 9.17) is 9.90 Å². The van der Waals surface area contributed by atoms with Crippen molar-refractivity contribution in [2.45, 2.75) is 20.0 Å². The van der Waals surface area contributed by atoms with Crippen molar-refractivity contribution < 1.29 is 19.1 Å². The maximum absolute atomic E-state index is 14.2. The normalized spacial score (nSPS) is 15.0. The van der Waals surface area contributed by atoms with Crippen LogP contribution in [-0.4, -0.2) is 5.78 Å². The molecule has 1 heterocycles. The van der Waals surface area contributed by atoms with Crippen LogP contribution in [0.5, 0.6) is 0 Å². The lowest BCUT2D eigenvalue weighted by Gasteiger charge is -2.07. The van der Waals surface area contributed by atoms with E-state index >= 15 is 0 Å². The molecule has 0 aliphatic heterocycles. The Morgan fingerprint density at radius 2 is 1.87 bits per heavy atom. The maximum atomic E-state index is 14.2. The van der Waals surface area contributed by atoms with Gasteiger partial charge >= 0.3 is 0 Å². The van der Waals surface area contributed by atoms with Crippen molar-refractivity contribution in [3.63, 3.8) is 0 Å². The van der Waals surface area contributed by atoms with E-state index in [0.29, 0.717) is 8.95 Å². The summed E-state index contributed by atoms with van der Waals surface area (Å²) >= 11 is 6.74. The first-order chi connectivity index (χ1) is 12.6. The molecule has 0 aliphatic rings. The molecular formula is C18H13Br2FO2. The number of hydrogen-bond donors (Lipinski definition) is 0. The second-order valence-corrected chi connectivity index (χ2v) is 6.76. The largest absolute Gasteiger partial charge is 0.457 e. The van der Waals surface area contributed by atoms with Crippen molar-refractivity contribution in [3.05, 3.63) is 67.7 Å². The molecule has 0 amide bonds. The van der Waals surface area contributed by atoms with Gasteiger partial charge in [-0.1, -0.05) is 50.0 Å². The van der Waals surface area contributed by atoms with Crippen LogP contribution in [0.4, 0.5) is 4.39 Å². The molecule has 0 fully saturated rings. The number of furan rings is 1. The van der Waals surface area contributed by atoms with E-state index in [-0.39, 0.29) is 27.9 Å². The average Bonchev–Trinajstić information content (AvgIpc) is 3.02. The Bertz CT molecular complexity index is 1090. The Labute approximate surface area is 155 Å². The number of alkyl halides is 1. The van der Waals surface area contributed by atoms with Crippen LogP contribution in [0.3, 0.4) is 0 Å². The smallest absolute Gasteiger partial charge is 0.197 e. The molecule has 1 unspecified atom stereocenters. The Balaban J connectivity index is 2.40. The zero-order valence-corrected chi connectivity index (χ0v) is 15.4. The van der Waals surface area contributed by atoms with Crippen LogP contribution in [0.2, 0.25) is 0 Å². The van der Waals surface area contributed by atoms with E-state index in [2.05, 4.69) is 31.9 Å². The van der Waals surface area contributed by atoms with E-state index in [1.165, 1.54) is 6.92 Å². The van der Waals surface area contributed by atoms with Crippen molar-refractivity contribution in [2.24, 2.45) is 0 Å². The van der Waals surface area contributed by atoms with Gasteiger partial charge in [0.05, 0.1) is 11.0 Å². The quantitative estimate of drug-likeness (QED) is 0.431. The zero-order valence-electron chi connectivity index (χ0n) is 16.2. The van der Waals surface area contributed by atoms with Crippen LogP contribution < -0.4 is 0 Å². The molecule has 0 aliphatic carbocycles. The summed E-state index contributed by atoms with van der Waals surface area (Å²) in [6, 6.07) is 1.28. The average molecular weight is 444 g/mol. The first kappa shape index (κ1) is 12.0. The summed E-state index contributed by atoms with van der Waals surface area (Å²) in [7, 11) is 0. The number of halogens is 3. The van der Waals surface area contributed by atoms with Gasteiger partial charge in [0.15, 0.2) is 12.0 Å². The summed E-state index contributed by atoms with van der Waals surface area (Å²) in [6.07, 6.45) is -1.67. The number of rotatable bonds is 3. The Kier molecular flexibility index (Phi) is 3.23. The lowest BCUT2D eigenvalue weighted by molar-refractivity contribution is 0.103. The van der Waals surface area contributed by atoms with E-state index < -0.39 is 36.1 Å². The summed E-state index contributed by atoms with van der Waals surface area (Å²) in [5.74, 6) is -0.894. The summed E-state index contributed by atoms with van der Waals surface area (Å²) in [5, 5.41) is -0.113. The van der Waals surface area contributed by atoms with Gasteiger partial charge in [-0.25, -0.2) is 4.39 Å². The molecule has 1 aromatic heterocycles. The third-order valence-corrected chi connectivity index (χ3v) is 5.14. The molecule has 2 nitrogen and oxygen atoms in total. The lowest BCUT2D eigenvalue weighted by Crippen LogP contribution is -2.05. The fourth-order valence-electron chi connectivity index (χ4n) is 2.26. The summed E-state index contributed by atoms with van der Waals surface area (Å²) in [6.45, 7) is 3.03. The van der Waals surface area contributed by atoms with Gasteiger partial charge in [0, 0.05) is 19.9 Å². The van der Waals surface area contributed by atoms with Gasteiger partial charge in [-0.2, -0.15) is 0 Å². The topological polar surface area (TPSA) is 30.2 Å². The monoisotopic (exact) mass is 442 g/mol. The number of fused-ring (bicyclic) bond motifs is 1. The number of carbonyl (C=O) groups excluding carboxylic acids is 1. The van der Waals surface area contributed by atoms with Gasteiger partial charge < -0.3 is 4.42 Å². The standard InChI is InChI=1S/C18H13Br2FO2/c1-9-13(19)7-11(8-14(9)20)17(22)16-12-5-3-4-6-15(12)23-18(16)10(2)21/h3-8,10H,1-2H3/i3D,4D,5D,6D.